The first-order valence-corrected chi connectivity index (χ1v) is 7.78. The van der Waals surface area contributed by atoms with Crippen LogP contribution in [0.25, 0.3) is 0 Å². The number of hydrogen-bond acceptors (Lipinski definition) is 3. The second-order valence-corrected chi connectivity index (χ2v) is 5.57. The highest BCUT2D eigenvalue weighted by atomic mass is 16.2. The maximum absolute atomic E-state index is 12.5. The Kier molecular flexibility index (Phi) is 6.31. The van der Waals surface area contributed by atoms with Crippen LogP contribution in [0.2, 0.25) is 0 Å². The molecule has 0 aliphatic carbocycles. The van der Waals surface area contributed by atoms with Gasteiger partial charge in [-0.25, -0.2) is 0 Å². The summed E-state index contributed by atoms with van der Waals surface area (Å²) in [5, 5.41) is 8.80. The minimum atomic E-state index is 0.0746. The van der Waals surface area contributed by atoms with Crippen LogP contribution in [0, 0.1) is 18.3 Å². The minimum absolute atomic E-state index is 0.0746. The molecule has 0 unspecified atom stereocenters. The van der Waals surface area contributed by atoms with Crippen LogP contribution in [0.3, 0.4) is 0 Å². The summed E-state index contributed by atoms with van der Waals surface area (Å²) in [6.07, 6.45) is 4.98. The van der Waals surface area contributed by atoms with E-state index in [2.05, 4.69) is 17.1 Å². The number of nitriles is 1. The molecule has 1 amide bonds. The van der Waals surface area contributed by atoms with Gasteiger partial charge in [0.15, 0.2) is 0 Å². The van der Waals surface area contributed by atoms with E-state index in [0.717, 1.165) is 12.0 Å². The van der Waals surface area contributed by atoms with Gasteiger partial charge in [0, 0.05) is 31.9 Å². The topological polar surface area (TPSA) is 57.0 Å². The van der Waals surface area contributed by atoms with Gasteiger partial charge < -0.3 is 4.90 Å². The van der Waals surface area contributed by atoms with E-state index in [1.165, 1.54) is 11.1 Å². The highest BCUT2D eigenvalue weighted by molar-refractivity contribution is 5.76. The zero-order valence-corrected chi connectivity index (χ0v) is 13.4. The van der Waals surface area contributed by atoms with E-state index in [4.69, 9.17) is 5.26 Å². The fourth-order valence-electron chi connectivity index (χ4n) is 2.47. The highest BCUT2D eigenvalue weighted by Crippen LogP contribution is 2.10. The molecule has 0 spiro atoms. The Balaban J connectivity index is 1.97. The smallest absolute Gasteiger partial charge is 0.223 e. The molecule has 4 nitrogen and oxygen atoms in total. The van der Waals surface area contributed by atoms with Crippen molar-refractivity contribution in [1.82, 2.24) is 9.88 Å². The lowest BCUT2D eigenvalue weighted by Gasteiger charge is -2.21. The Bertz CT molecular complexity index is 677. The number of rotatable bonds is 7. The van der Waals surface area contributed by atoms with E-state index in [9.17, 15) is 4.79 Å². The average Bonchev–Trinajstić information content (AvgIpc) is 2.57. The van der Waals surface area contributed by atoms with Crippen LogP contribution in [0.4, 0.5) is 0 Å². The fraction of sp³-hybridized carbons (Fsp3) is 0.316. The predicted molar refractivity (Wildman–Crippen MR) is 89.4 cm³/mol. The van der Waals surface area contributed by atoms with Gasteiger partial charge in [0.25, 0.3) is 0 Å². The molecule has 0 bridgehead atoms. The second kappa shape index (κ2) is 8.70. The Hall–Kier alpha value is -2.67. The summed E-state index contributed by atoms with van der Waals surface area (Å²) in [5.74, 6) is 0.0746. The summed E-state index contributed by atoms with van der Waals surface area (Å²) in [7, 11) is 0. The summed E-state index contributed by atoms with van der Waals surface area (Å²) in [6, 6.07) is 14.1. The van der Waals surface area contributed by atoms with Crippen molar-refractivity contribution >= 4 is 5.91 Å². The van der Waals surface area contributed by atoms with Gasteiger partial charge in [-0.15, -0.1) is 0 Å². The summed E-state index contributed by atoms with van der Waals surface area (Å²) >= 11 is 0. The standard InChI is InChI=1S/C19H21N3O/c1-16-5-2-6-17(13-16)8-9-19(23)22(12-4-10-20)15-18-7-3-11-21-14-18/h2-3,5-7,11,13-14H,4,8-9,12,15H2,1H3. The first-order valence-electron chi connectivity index (χ1n) is 7.78. The van der Waals surface area contributed by atoms with Crippen molar-refractivity contribution in [3.8, 4) is 6.07 Å². The van der Waals surface area contributed by atoms with Gasteiger partial charge in [-0.3, -0.25) is 9.78 Å². The van der Waals surface area contributed by atoms with Gasteiger partial charge >= 0.3 is 0 Å². The van der Waals surface area contributed by atoms with Crippen LogP contribution in [0.1, 0.15) is 29.5 Å². The van der Waals surface area contributed by atoms with Crippen molar-refractivity contribution in [2.75, 3.05) is 6.54 Å². The number of amides is 1. The van der Waals surface area contributed by atoms with Crippen LogP contribution >= 0.6 is 0 Å². The van der Waals surface area contributed by atoms with Crippen LogP contribution in [-0.2, 0) is 17.8 Å². The molecule has 118 valence electrons. The predicted octanol–water partition coefficient (Wildman–Crippen LogP) is 3.27. The van der Waals surface area contributed by atoms with E-state index in [1.807, 2.05) is 37.3 Å². The molecule has 2 rings (SSSR count). The molecule has 1 aromatic carbocycles. The molecule has 0 fully saturated rings. The van der Waals surface area contributed by atoms with Gasteiger partial charge in [0.05, 0.1) is 12.5 Å². The molecule has 0 saturated carbocycles. The molecule has 4 heteroatoms. The highest BCUT2D eigenvalue weighted by Gasteiger charge is 2.14. The zero-order chi connectivity index (χ0) is 16.5. The van der Waals surface area contributed by atoms with Crippen LogP contribution in [-0.4, -0.2) is 22.3 Å². The normalized spacial score (nSPS) is 10.1. The molecule has 0 aliphatic heterocycles. The van der Waals surface area contributed by atoms with Crippen LogP contribution < -0.4 is 0 Å². The van der Waals surface area contributed by atoms with E-state index in [0.29, 0.717) is 25.9 Å². The lowest BCUT2D eigenvalue weighted by atomic mass is 10.1. The number of nitrogens with zero attached hydrogens (tertiary/aromatic N) is 3. The van der Waals surface area contributed by atoms with Gasteiger partial charge in [0.2, 0.25) is 5.91 Å². The quantitative estimate of drug-likeness (QED) is 0.789. The second-order valence-electron chi connectivity index (χ2n) is 5.57. The Morgan fingerprint density at radius 3 is 2.78 bits per heavy atom. The van der Waals surface area contributed by atoms with E-state index >= 15 is 0 Å². The molecule has 2 aromatic rings. The number of benzene rings is 1. The van der Waals surface area contributed by atoms with Crippen LogP contribution in [0.15, 0.2) is 48.8 Å². The van der Waals surface area contributed by atoms with Crippen molar-refractivity contribution in [2.45, 2.75) is 32.7 Å². The molecule has 1 heterocycles. The third-order valence-corrected chi connectivity index (χ3v) is 3.65. The number of aromatic nitrogens is 1. The largest absolute Gasteiger partial charge is 0.337 e. The van der Waals surface area contributed by atoms with Crippen molar-refractivity contribution < 1.29 is 4.79 Å². The monoisotopic (exact) mass is 307 g/mol. The maximum Gasteiger partial charge on any atom is 0.223 e. The summed E-state index contributed by atoms with van der Waals surface area (Å²) in [6.45, 7) is 3.01. The van der Waals surface area contributed by atoms with Crippen LogP contribution in [0.5, 0.6) is 0 Å². The molecule has 0 radical (unpaired) electrons. The number of carbonyl (C=O) groups is 1. The molecule has 0 saturated heterocycles. The Morgan fingerprint density at radius 2 is 2.09 bits per heavy atom. The van der Waals surface area contributed by atoms with E-state index in [-0.39, 0.29) is 5.91 Å². The molecular formula is C19H21N3O. The van der Waals surface area contributed by atoms with Gasteiger partial charge in [-0.2, -0.15) is 5.26 Å². The molecule has 23 heavy (non-hydrogen) atoms. The SMILES string of the molecule is Cc1cccc(CCC(=O)N(CCC#N)Cc2cccnc2)c1. The lowest BCUT2D eigenvalue weighted by Crippen LogP contribution is -2.31. The summed E-state index contributed by atoms with van der Waals surface area (Å²) in [5.41, 5.74) is 3.35. The molecule has 0 aliphatic rings. The Labute approximate surface area is 137 Å². The molecule has 0 N–H and O–H groups in total. The number of pyridine rings is 1. The van der Waals surface area contributed by atoms with Gasteiger partial charge in [0.1, 0.15) is 0 Å². The number of hydrogen-bond donors (Lipinski definition) is 0. The van der Waals surface area contributed by atoms with Gasteiger partial charge in [-0.1, -0.05) is 35.9 Å². The first kappa shape index (κ1) is 16.7. The van der Waals surface area contributed by atoms with Crippen molar-refractivity contribution in [1.29, 1.82) is 5.26 Å². The fourth-order valence-corrected chi connectivity index (χ4v) is 2.47. The van der Waals surface area contributed by atoms with E-state index < -0.39 is 0 Å². The third-order valence-electron chi connectivity index (χ3n) is 3.65. The first-order chi connectivity index (χ1) is 11.2. The molecular weight excluding hydrogens is 286 g/mol. The Morgan fingerprint density at radius 1 is 1.26 bits per heavy atom. The minimum Gasteiger partial charge on any atom is -0.337 e. The summed E-state index contributed by atoms with van der Waals surface area (Å²) < 4.78 is 0. The van der Waals surface area contributed by atoms with Crippen molar-refractivity contribution in [2.24, 2.45) is 0 Å². The van der Waals surface area contributed by atoms with Crippen molar-refractivity contribution in [3.05, 3.63) is 65.5 Å². The van der Waals surface area contributed by atoms with Gasteiger partial charge in [-0.05, 0) is 30.5 Å². The number of aryl methyl sites for hydroxylation is 2. The average molecular weight is 307 g/mol. The summed E-state index contributed by atoms with van der Waals surface area (Å²) in [4.78, 5) is 18.3. The molecule has 0 atom stereocenters. The number of carbonyl (C=O) groups excluding carboxylic acids is 1. The zero-order valence-electron chi connectivity index (χ0n) is 13.4. The third kappa shape index (κ3) is 5.55. The molecule has 1 aromatic heterocycles. The van der Waals surface area contributed by atoms with E-state index in [1.54, 1.807) is 17.3 Å². The van der Waals surface area contributed by atoms with Crippen molar-refractivity contribution in [3.63, 3.8) is 0 Å². The maximum atomic E-state index is 12.5. The lowest BCUT2D eigenvalue weighted by molar-refractivity contribution is -0.131.